The van der Waals surface area contributed by atoms with Crippen LogP contribution in [-0.2, 0) is 0 Å². The molecule has 0 aliphatic heterocycles. The molecule has 0 bridgehead atoms. The van der Waals surface area contributed by atoms with Crippen LogP contribution in [0.1, 0.15) is 0 Å². The van der Waals surface area contributed by atoms with Gasteiger partial charge in [-0.1, -0.05) is 11.6 Å². The van der Waals surface area contributed by atoms with Crippen LogP contribution in [-0.4, -0.2) is 27.3 Å². The summed E-state index contributed by atoms with van der Waals surface area (Å²) in [5.74, 6) is 0.511. The molecule has 0 aliphatic carbocycles. The van der Waals surface area contributed by atoms with Crippen molar-refractivity contribution in [2.75, 3.05) is 7.11 Å². The van der Waals surface area contributed by atoms with E-state index in [1.807, 2.05) is 12.1 Å². The standard InChI is InChI=1S/C12H9ClN4O/c1-18-12-4-10(14-6-15-12)8-2-7(13)3-11-9(8)5-16-17-11/h2-6H,1H3,(H,16,17). The average Bonchev–Trinajstić information content (AvgIpc) is 2.85. The Bertz CT molecular complexity index is 710. The van der Waals surface area contributed by atoms with Gasteiger partial charge in [0.1, 0.15) is 6.33 Å². The first kappa shape index (κ1) is 11.0. The summed E-state index contributed by atoms with van der Waals surface area (Å²) in [5, 5.41) is 8.49. The first-order chi connectivity index (χ1) is 8.78. The lowest BCUT2D eigenvalue weighted by Crippen LogP contribution is -1.91. The zero-order chi connectivity index (χ0) is 12.5. The van der Waals surface area contributed by atoms with E-state index in [-0.39, 0.29) is 0 Å². The third-order valence-corrected chi connectivity index (χ3v) is 2.87. The van der Waals surface area contributed by atoms with Gasteiger partial charge < -0.3 is 4.74 Å². The number of methoxy groups -OCH3 is 1. The van der Waals surface area contributed by atoms with E-state index in [9.17, 15) is 0 Å². The fraction of sp³-hybridized carbons (Fsp3) is 0.0833. The first-order valence-corrected chi connectivity index (χ1v) is 5.65. The highest BCUT2D eigenvalue weighted by atomic mass is 35.5. The first-order valence-electron chi connectivity index (χ1n) is 5.27. The third kappa shape index (κ3) is 1.78. The number of H-pyrrole nitrogens is 1. The van der Waals surface area contributed by atoms with Gasteiger partial charge in [0.25, 0.3) is 0 Å². The smallest absolute Gasteiger partial charge is 0.216 e. The van der Waals surface area contributed by atoms with Crippen molar-refractivity contribution in [1.82, 2.24) is 20.2 Å². The minimum absolute atomic E-state index is 0.511. The van der Waals surface area contributed by atoms with Crippen LogP contribution in [0.15, 0.2) is 30.7 Å². The van der Waals surface area contributed by atoms with Crippen LogP contribution in [0.4, 0.5) is 0 Å². The Morgan fingerprint density at radius 1 is 1.22 bits per heavy atom. The molecule has 0 aliphatic rings. The van der Waals surface area contributed by atoms with E-state index in [0.717, 1.165) is 22.2 Å². The minimum Gasteiger partial charge on any atom is -0.481 e. The lowest BCUT2D eigenvalue weighted by Gasteiger charge is -2.05. The van der Waals surface area contributed by atoms with Crippen molar-refractivity contribution in [3.63, 3.8) is 0 Å². The number of nitrogens with zero attached hydrogens (tertiary/aromatic N) is 3. The van der Waals surface area contributed by atoms with Crippen LogP contribution >= 0.6 is 11.6 Å². The molecule has 0 saturated heterocycles. The van der Waals surface area contributed by atoms with Crippen LogP contribution in [0.25, 0.3) is 22.2 Å². The molecule has 0 unspecified atom stereocenters. The lowest BCUT2D eigenvalue weighted by atomic mass is 10.1. The molecule has 2 aromatic heterocycles. The molecule has 2 heterocycles. The van der Waals surface area contributed by atoms with Crippen molar-refractivity contribution in [3.05, 3.63) is 35.7 Å². The monoisotopic (exact) mass is 260 g/mol. The highest BCUT2D eigenvalue weighted by Gasteiger charge is 2.09. The minimum atomic E-state index is 0.511. The van der Waals surface area contributed by atoms with Gasteiger partial charge >= 0.3 is 0 Å². The van der Waals surface area contributed by atoms with Gasteiger partial charge in [-0.2, -0.15) is 5.10 Å². The molecule has 6 heteroatoms. The topological polar surface area (TPSA) is 63.7 Å². The van der Waals surface area contributed by atoms with Gasteiger partial charge in [0.2, 0.25) is 5.88 Å². The van der Waals surface area contributed by atoms with Gasteiger partial charge in [-0.15, -0.1) is 0 Å². The van der Waals surface area contributed by atoms with Crippen molar-refractivity contribution in [2.45, 2.75) is 0 Å². The number of rotatable bonds is 2. The van der Waals surface area contributed by atoms with Gasteiger partial charge in [0, 0.05) is 22.0 Å². The summed E-state index contributed by atoms with van der Waals surface area (Å²) >= 11 is 6.08. The zero-order valence-corrected chi connectivity index (χ0v) is 10.3. The lowest BCUT2D eigenvalue weighted by molar-refractivity contribution is 0.397. The van der Waals surface area contributed by atoms with E-state index < -0.39 is 0 Å². The normalized spacial score (nSPS) is 10.8. The van der Waals surface area contributed by atoms with E-state index >= 15 is 0 Å². The highest BCUT2D eigenvalue weighted by molar-refractivity contribution is 6.31. The van der Waals surface area contributed by atoms with Gasteiger partial charge in [0.05, 0.1) is 24.5 Å². The predicted molar refractivity (Wildman–Crippen MR) is 68.7 cm³/mol. The Morgan fingerprint density at radius 2 is 2.11 bits per heavy atom. The van der Waals surface area contributed by atoms with E-state index in [2.05, 4.69) is 20.2 Å². The van der Waals surface area contributed by atoms with Crippen molar-refractivity contribution in [3.8, 4) is 17.1 Å². The largest absolute Gasteiger partial charge is 0.481 e. The van der Waals surface area contributed by atoms with E-state index in [0.29, 0.717) is 10.9 Å². The summed E-state index contributed by atoms with van der Waals surface area (Å²) in [6, 6.07) is 5.44. The second kappa shape index (κ2) is 4.27. The van der Waals surface area contributed by atoms with Crippen LogP contribution in [0.3, 0.4) is 0 Å². The second-order valence-corrected chi connectivity index (χ2v) is 4.17. The van der Waals surface area contributed by atoms with Crippen molar-refractivity contribution in [2.24, 2.45) is 0 Å². The number of nitrogens with one attached hydrogen (secondary N) is 1. The number of ether oxygens (including phenoxy) is 1. The van der Waals surface area contributed by atoms with E-state index in [1.54, 1.807) is 19.4 Å². The molecule has 90 valence electrons. The summed E-state index contributed by atoms with van der Waals surface area (Å²) in [7, 11) is 1.57. The maximum absolute atomic E-state index is 6.08. The van der Waals surface area contributed by atoms with Gasteiger partial charge in [-0.05, 0) is 12.1 Å². The Hall–Kier alpha value is -2.14. The maximum atomic E-state index is 6.08. The molecule has 3 aromatic rings. The van der Waals surface area contributed by atoms with Crippen LogP contribution < -0.4 is 4.74 Å². The number of aromatic nitrogens is 4. The van der Waals surface area contributed by atoms with Gasteiger partial charge in [-0.25, -0.2) is 9.97 Å². The zero-order valence-electron chi connectivity index (χ0n) is 9.51. The Morgan fingerprint density at radius 3 is 2.94 bits per heavy atom. The van der Waals surface area contributed by atoms with Crippen molar-refractivity contribution in [1.29, 1.82) is 0 Å². The SMILES string of the molecule is COc1cc(-c2cc(Cl)cc3[nH]ncc23)ncn1. The number of hydrogen-bond donors (Lipinski definition) is 1. The fourth-order valence-electron chi connectivity index (χ4n) is 1.83. The summed E-state index contributed by atoms with van der Waals surface area (Å²) in [5.41, 5.74) is 2.51. The van der Waals surface area contributed by atoms with Gasteiger partial charge in [-0.3, -0.25) is 5.10 Å². The molecule has 0 atom stereocenters. The molecule has 0 radical (unpaired) electrons. The molecule has 1 N–H and O–H groups in total. The fourth-order valence-corrected chi connectivity index (χ4v) is 2.04. The molecular formula is C12H9ClN4O. The molecule has 0 fully saturated rings. The molecule has 5 nitrogen and oxygen atoms in total. The van der Waals surface area contributed by atoms with Crippen LogP contribution in [0.5, 0.6) is 5.88 Å². The predicted octanol–water partition coefficient (Wildman–Crippen LogP) is 2.68. The van der Waals surface area contributed by atoms with Crippen molar-refractivity contribution >= 4 is 22.5 Å². The maximum Gasteiger partial charge on any atom is 0.216 e. The highest BCUT2D eigenvalue weighted by Crippen LogP contribution is 2.30. The number of aromatic amines is 1. The van der Waals surface area contributed by atoms with Crippen LogP contribution in [0.2, 0.25) is 5.02 Å². The molecule has 0 amide bonds. The number of fused-ring (bicyclic) bond motifs is 1. The number of hydrogen-bond acceptors (Lipinski definition) is 4. The summed E-state index contributed by atoms with van der Waals surface area (Å²) in [4.78, 5) is 8.22. The summed E-state index contributed by atoms with van der Waals surface area (Å²) in [6.45, 7) is 0. The number of benzene rings is 1. The summed E-state index contributed by atoms with van der Waals surface area (Å²) < 4.78 is 5.09. The number of halogens is 1. The third-order valence-electron chi connectivity index (χ3n) is 2.65. The van der Waals surface area contributed by atoms with Crippen LogP contribution in [0, 0.1) is 0 Å². The Balaban J connectivity index is 2.26. The molecular weight excluding hydrogens is 252 g/mol. The quantitative estimate of drug-likeness (QED) is 0.769. The van der Waals surface area contributed by atoms with E-state index in [1.165, 1.54) is 6.33 Å². The Labute approximate surface area is 108 Å². The Kier molecular flexibility index (Phi) is 2.60. The van der Waals surface area contributed by atoms with Crippen molar-refractivity contribution < 1.29 is 4.74 Å². The second-order valence-electron chi connectivity index (χ2n) is 3.73. The summed E-state index contributed by atoms with van der Waals surface area (Å²) in [6.07, 6.45) is 3.20. The van der Waals surface area contributed by atoms with Gasteiger partial charge in [0.15, 0.2) is 0 Å². The average molecular weight is 261 g/mol. The molecule has 3 rings (SSSR count). The van der Waals surface area contributed by atoms with E-state index in [4.69, 9.17) is 16.3 Å². The molecule has 18 heavy (non-hydrogen) atoms. The molecule has 0 saturated carbocycles. The molecule has 0 spiro atoms. The molecule has 1 aromatic carbocycles.